The summed E-state index contributed by atoms with van der Waals surface area (Å²) in [6.07, 6.45) is 7.86. The first kappa shape index (κ1) is 13.3. The van der Waals surface area contributed by atoms with Gasteiger partial charge in [0.05, 0.1) is 0 Å². The first-order valence-corrected chi connectivity index (χ1v) is 6.80. The highest BCUT2D eigenvalue weighted by molar-refractivity contribution is 7.99. The van der Waals surface area contributed by atoms with E-state index in [-0.39, 0.29) is 0 Å². The summed E-state index contributed by atoms with van der Waals surface area (Å²) in [5.74, 6) is 2.42. The van der Waals surface area contributed by atoms with Crippen molar-refractivity contribution in [1.82, 2.24) is 0 Å². The van der Waals surface area contributed by atoms with Crippen molar-refractivity contribution in [3.63, 3.8) is 0 Å². The molecule has 0 fully saturated rings. The van der Waals surface area contributed by atoms with Gasteiger partial charge < -0.3 is 5.73 Å². The summed E-state index contributed by atoms with van der Waals surface area (Å²) in [6.45, 7) is 4.47. The maximum atomic E-state index is 5.98. The predicted molar refractivity (Wildman–Crippen MR) is 64.4 cm³/mol. The first-order valence-electron chi connectivity index (χ1n) is 5.64. The number of hydrogen-bond donors (Lipinski definition) is 1. The molecule has 0 rings (SSSR count). The van der Waals surface area contributed by atoms with Crippen molar-refractivity contribution in [1.29, 1.82) is 0 Å². The van der Waals surface area contributed by atoms with Gasteiger partial charge in [-0.15, -0.1) is 0 Å². The smallest absolute Gasteiger partial charge is 0.0130 e. The first-order chi connectivity index (χ1) is 6.31. The van der Waals surface area contributed by atoms with Crippen LogP contribution in [0.3, 0.4) is 0 Å². The number of hydrogen-bond acceptors (Lipinski definition) is 2. The minimum atomic E-state index is 0.438. The molecule has 0 saturated carbocycles. The van der Waals surface area contributed by atoms with Crippen molar-refractivity contribution in [3.8, 4) is 0 Å². The zero-order valence-electron chi connectivity index (χ0n) is 9.22. The molecule has 0 amide bonds. The zero-order valence-corrected chi connectivity index (χ0v) is 10.0. The third kappa shape index (κ3) is 10.2. The van der Waals surface area contributed by atoms with Gasteiger partial charge in [-0.05, 0) is 18.6 Å². The van der Waals surface area contributed by atoms with Crippen LogP contribution in [0.25, 0.3) is 0 Å². The Labute approximate surface area is 87.9 Å². The van der Waals surface area contributed by atoms with Gasteiger partial charge in [0.15, 0.2) is 0 Å². The molecule has 0 aromatic rings. The van der Waals surface area contributed by atoms with Crippen LogP contribution >= 0.6 is 11.8 Å². The molecular formula is C11H25NS. The van der Waals surface area contributed by atoms with E-state index >= 15 is 0 Å². The van der Waals surface area contributed by atoms with Crippen LogP contribution in [-0.4, -0.2) is 17.5 Å². The van der Waals surface area contributed by atoms with Crippen LogP contribution in [-0.2, 0) is 0 Å². The van der Waals surface area contributed by atoms with Gasteiger partial charge in [0.2, 0.25) is 0 Å². The Morgan fingerprint density at radius 2 is 1.85 bits per heavy atom. The Morgan fingerprint density at radius 3 is 2.46 bits per heavy atom. The molecule has 13 heavy (non-hydrogen) atoms. The van der Waals surface area contributed by atoms with Gasteiger partial charge in [0.25, 0.3) is 0 Å². The van der Waals surface area contributed by atoms with E-state index in [1.165, 1.54) is 44.3 Å². The van der Waals surface area contributed by atoms with Gasteiger partial charge >= 0.3 is 0 Å². The lowest BCUT2D eigenvalue weighted by Crippen LogP contribution is -2.22. The van der Waals surface area contributed by atoms with Crippen LogP contribution in [0, 0.1) is 0 Å². The molecule has 1 unspecified atom stereocenters. The molecule has 0 bridgehead atoms. The molecule has 1 nitrogen and oxygen atoms in total. The topological polar surface area (TPSA) is 26.0 Å². The van der Waals surface area contributed by atoms with E-state index < -0.39 is 0 Å². The molecule has 0 radical (unpaired) electrons. The lowest BCUT2D eigenvalue weighted by Gasteiger charge is -2.10. The van der Waals surface area contributed by atoms with Gasteiger partial charge in [-0.2, -0.15) is 11.8 Å². The standard InChI is InChI=1S/C11H25NS/c1-3-5-6-7-8-11(12)10-13-9-4-2/h11H,3-10,12H2,1-2H3. The van der Waals surface area contributed by atoms with Crippen molar-refractivity contribution in [3.05, 3.63) is 0 Å². The van der Waals surface area contributed by atoms with Crippen molar-refractivity contribution in [2.45, 2.75) is 58.4 Å². The normalized spacial score (nSPS) is 13.2. The summed E-state index contributed by atoms with van der Waals surface area (Å²) in [5.41, 5.74) is 5.98. The number of thioether (sulfide) groups is 1. The van der Waals surface area contributed by atoms with Crippen LogP contribution in [0.5, 0.6) is 0 Å². The predicted octanol–water partition coefficient (Wildman–Crippen LogP) is 3.43. The van der Waals surface area contributed by atoms with Crippen LogP contribution in [0.1, 0.15) is 52.4 Å². The third-order valence-electron chi connectivity index (χ3n) is 2.11. The van der Waals surface area contributed by atoms with E-state index in [1.807, 2.05) is 11.8 Å². The minimum absolute atomic E-state index is 0.438. The van der Waals surface area contributed by atoms with Crippen molar-refractivity contribution < 1.29 is 0 Å². The van der Waals surface area contributed by atoms with Crippen LogP contribution in [0.15, 0.2) is 0 Å². The minimum Gasteiger partial charge on any atom is -0.327 e. The quantitative estimate of drug-likeness (QED) is 0.581. The fourth-order valence-electron chi connectivity index (χ4n) is 1.30. The number of unbranched alkanes of at least 4 members (excludes halogenated alkanes) is 3. The molecule has 0 saturated heterocycles. The van der Waals surface area contributed by atoms with E-state index in [9.17, 15) is 0 Å². The lowest BCUT2D eigenvalue weighted by molar-refractivity contribution is 0.579. The Kier molecular flexibility index (Phi) is 10.6. The maximum Gasteiger partial charge on any atom is 0.0130 e. The second-order valence-electron chi connectivity index (χ2n) is 3.68. The molecule has 0 aliphatic rings. The van der Waals surface area contributed by atoms with E-state index in [0.717, 1.165) is 5.75 Å². The SMILES string of the molecule is CCCCCCC(N)CSCCC. The highest BCUT2D eigenvalue weighted by atomic mass is 32.2. The Hall–Kier alpha value is 0.310. The summed E-state index contributed by atoms with van der Waals surface area (Å²) < 4.78 is 0. The molecule has 0 aliphatic carbocycles. The third-order valence-corrected chi connectivity index (χ3v) is 3.47. The van der Waals surface area contributed by atoms with Crippen molar-refractivity contribution in [2.24, 2.45) is 5.73 Å². The largest absolute Gasteiger partial charge is 0.327 e. The average Bonchev–Trinajstić information content (AvgIpc) is 2.13. The summed E-state index contributed by atoms with van der Waals surface area (Å²) in [7, 11) is 0. The highest BCUT2D eigenvalue weighted by Gasteiger charge is 2.01. The van der Waals surface area contributed by atoms with Gasteiger partial charge in [-0.3, -0.25) is 0 Å². The van der Waals surface area contributed by atoms with E-state index in [2.05, 4.69) is 13.8 Å². The molecule has 0 aromatic carbocycles. The Bertz CT molecular complexity index is 96.1. The van der Waals surface area contributed by atoms with Crippen LogP contribution in [0.2, 0.25) is 0 Å². The van der Waals surface area contributed by atoms with Crippen LogP contribution in [0.4, 0.5) is 0 Å². The average molecular weight is 203 g/mol. The molecule has 2 heteroatoms. The van der Waals surface area contributed by atoms with Crippen molar-refractivity contribution >= 4 is 11.8 Å². The molecule has 0 aliphatic heterocycles. The molecule has 0 aromatic heterocycles. The van der Waals surface area contributed by atoms with Gasteiger partial charge in [0.1, 0.15) is 0 Å². The highest BCUT2D eigenvalue weighted by Crippen LogP contribution is 2.09. The zero-order chi connectivity index (χ0) is 9.94. The monoisotopic (exact) mass is 203 g/mol. The molecule has 80 valence electrons. The number of nitrogens with two attached hydrogens (primary N) is 1. The van der Waals surface area contributed by atoms with E-state index in [1.54, 1.807) is 0 Å². The molecule has 0 heterocycles. The second-order valence-corrected chi connectivity index (χ2v) is 4.83. The molecule has 0 spiro atoms. The van der Waals surface area contributed by atoms with Crippen LogP contribution < -0.4 is 5.73 Å². The summed E-state index contributed by atoms with van der Waals surface area (Å²) in [4.78, 5) is 0. The van der Waals surface area contributed by atoms with E-state index in [4.69, 9.17) is 5.73 Å². The summed E-state index contributed by atoms with van der Waals surface area (Å²) in [5, 5.41) is 0. The van der Waals surface area contributed by atoms with Crippen molar-refractivity contribution in [2.75, 3.05) is 11.5 Å². The lowest BCUT2D eigenvalue weighted by atomic mass is 10.1. The Balaban J connectivity index is 3.05. The molecule has 1 atom stereocenters. The fourth-order valence-corrected chi connectivity index (χ4v) is 2.22. The van der Waals surface area contributed by atoms with Gasteiger partial charge in [-0.25, -0.2) is 0 Å². The van der Waals surface area contributed by atoms with Gasteiger partial charge in [-0.1, -0.05) is 39.5 Å². The fraction of sp³-hybridized carbons (Fsp3) is 1.00. The maximum absolute atomic E-state index is 5.98. The molecular weight excluding hydrogens is 178 g/mol. The van der Waals surface area contributed by atoms with E-state index in [0.29, 0.717) is 6.04 Å². The van der Waals surface area contributed by atoms with Gasteiger partial charge in [0, 0.05) is 11.8 Å². The second kappa shape index (κ2) is 10.4. The summed E-state index contributed by atoms with van der Waals surface area (Å²) in [6, 6.07) is 0.438. The number of rotatable bonds is 9. The molecule has 2 N–H and O–H groups in total. The Morgan fingerprint density at radius 1 is 1.08 bits per heavy atom. The summed E-state index contributed by atoms with van der Waals surface area (Å²) >= 11 is 2.00.